The smallest absolute Gasteiger partial charge is 0.307 e. The number of carbonyl (C=O) groups is 2. The Morgan fingerprint density at radius 1 is 1.12 bits per heavy atom. The SMILES string of the molecule is C[C@@H](C(=O)O)[C@H](CC1CCCCC1)C(=O)O. The molecule has 0 unspecified atom stereocenters. The summed E-state index contributed by atoms with van der Waals surface area (Å²) in [6.07, 6.45) is 6.15. The Hall–Kier alpha value is -1.06. The van der Waals surface area contributed by atoms with Gasteiger partial charge in [-0.2, -0.15) is 0 Å². The van der Waals surface area contributed by atoms with Gasteiger partial charge in [0, 0.05) is 0 Å². The van der Waals surface area contributed by atoms with Crippen LogP contribution < -0.4 is 0 Å². The molecule has 0 radical (unpaired) electrons. The summed E-state index contributed by atoms with van der Waals surface area (Å²) < 4.78 is 0. The van der Waals surface area contributed by atoms with Gasteiger partial charge in [0.25, 0.3) is 0 Å². The predicted molar refractivity (Wildman–Crippen MR) is 59.1 cm³/mol. The zero-order valence-corrected chi connectivity index (χ0v) is 9.69. The molecule has 92 valence electrons. The lowest BCUT2D eigenvalue weighted by Crippen LogP contribution is -2.30. The molecule has 16 heavy (non-hydrogen) atoms. The fraction of sp³-hybridized carbons (Fsp3) is 0.833. The van der Waals surface area contributed by atoms with Crippen molar-refractivity contribution in [2.45, 2.75) is 45.4 Å². The molecule has 2 atom stereocenters. The van der Waals surface area contributed by atoms with Crippen molar-refractivity contribution >= 4 is 11.9 Å². The molecule has 0 aromatic carbocycles. The second-order valence-corrected chi connectivity index (χ2v) is 4.81. The normalized spacial score (nSPS) is 21.3. The molecule has 4 nitrogen and oxygen atoms in total. The van der Waals surface area contributed by atoms with E-state index in [-0.39, 0.29) is 0 Å². The summed E-state index contributed by atoms with van der Waals surface area (Å²) in [4.78, 5) is 21.9. The number of rotatable bonds is 5. The molecule has 0 heterocycles. The van der Waals surface area contributed by atoms with Crippen LogP contribution in [0.2, 0.25) is 0 Å². The quantitative estimate of drug-likeness (QED) is 0.757. The molecule has 2 N–H and O–H groups in total. The van der Waals surface area contributed by atoms with Gasteiger partial charge in [0.1, 0.15) is 0 Å². The van der Waals surface area contributed by atoms with E-state index in [0.717, 1.165) is 25.7 Å². The molecule has 1 aliphatic carbocycles. The van der Waals surface area contributed by atoms with Gasteiger partial charge in [-0.15, -0.1) is 0 Å². The zero-order valence-electron chi connectivity index (χ0n) is 9.69. The van der Waals surface area contributed by atoms with Crippen LogP contribution in [-0.2, 0) is 9.59 Å². The van der Waals surface area contributed by atoms with Crippen LogP contribution in [0.25, 0.3) is 0 Å². The number of aliphatic carboxylic acids is 2. The van der Waals surface area contributed by atoms with Gasteiger partial charge in [0.05, 0.1) is 11.8 Å². The molecule has 0 aromatic heterocycles. The van der Waals surface area contributed by atoms with Crippen molar-refractivity contribution in [2.75, 3.05) is 0 Å². The van der Waals surface area contributed by atoms with Gasteiger partial charge in [-0.25, -0.2) is 0 Å². The molecule has 0 bridgehead atoms. The first-order valence-electron chi connectivity index (χ1n) is 5.98. The largest absolute Gasteiger partial charge is 0.481 e. The Labute approximate surface area is 95.7 Å². The molecule has 1 rings (SSSR count). The van der Waals surface area contributed by atoms with Crippen LogP contribution in [-0.4, -0.2) is 22.2 Å². The van der Waals surface area contributed by atoms with Crippen LogP contribution in [0.1, 0.15) is 45.4 Å². The Balaban J connectivity index is 2.56. The Kier molecular flexibility index (Phi) is 4.77. The summed E-state index contributed by atoms with van der Waals surface area (Å²) in [5, 5.41) is 17.9. The first-order chi connectivity index (χ1) is 7.52. The van der Waals surface area contributed by atoms with E-state index in [1.165, 1.54) is 13.3 Å². The molecule has 0 spiro atoms. The molecular formula is C12H20O4. The molecule has 0 aromatic rings. The molecule has 1 saturated carbocycles. The third kappa shape index (κ3) is 3.51. The first kappa shape index (κ1) is 13.0. The van der Waals surface area contributed by atoms with E-state index in [2.05, 4.69) is 0 Å². The monoisotopic (exact) mass is 228 g/mol. The third-order valence-electron chi connectivity index (χ3n) is 3.62. The Morgan fingerprint density at radius 3 is 2.12 bits per heavy atom. The minimum absolute atomic E-state index is 0.400. The maximum atomic E-state index is 11.1. The second kappa shape index (κ2) is 5.87. The summed E-state index contributed by atoms with van der Waals surface area (Å²) in [7, 11) is 0. The maximum absolute atomic E-state index is 11.1. The van der Waals surface area contributed by atoms with E-state index >= 15 is 0 Å². The molecular weight excluding hydrogens is 208 g/mol. The van der Waals surface area contributed by atoms with Crippen molar-refractivity contribution in [1.29, 1.82) is 0 Å². The van der Waals surface area contributed by atoms with Crippen molar-refractivity contribution in [3.8, 4) is 0 Å². The molecule has 1 aliphatic rings. The zero-order chi connectivity index (χ0) is 12.1. The lowest BCUT2D eigenvalue weighted by Gasteiger charge is -2.26. The van der Waals surface area contributed by atoms with Crippen LogP contribution in [0.4, 0.5) is 0 Å². The van der Waals surface area contributed by atoms with Gasteiger partial charge in [-0.05, 0) is 12.3 Å². The van der Waals surface area contributed by atoms with Crippen molar-refractivity contribution < 1.29 is 19.8 Å². The summed E-state index contributed by atoms with van der Waals surface area (Å²) in [6, 6.07) is 0. The highest BCUT2D eigenvalue weighted by atomic mass is 16.4. The van der Waals surface area contributed by atoms with Crippen LogP contribution in [0.5, 0.6) is 0 Å². The predicted octanol–water partition coefficient (Wildman–Crippen LogP) is 2.38. The highest BCUT2D eigenvalue weighted by molar-refractivity contribution is 5.79. The lowest BCUT2D eigenvalue weighted by molar-refractivity contribution is -0.153. The Bertz CT molecular complexity index is 256. The molecule has 0 saturated heterocycles. The first-order valence-corrected chi connectivity index (χ1v) is 5.98. The Morgan fingerprint density at radius 2 is 1.69 bits per heavy atom. The van der Waals surface area contributed by atoms with Gasteiger partial charge >= 0.3 is 11.9 Å². The van der Waals surface area contributed by atoms with E-state index in [1.54, 1.807) is 0 Å². The molecule has 0 amide bonds. The second-order valence-electron chi connectivity index (χ2n) is 4.81. The van der Waals surface area contributed by atoms with E-state index < -0.39 is 23.8 Å². The van der Waals surface area contributed by atoms with Gasteiger partial charge in [-0.1, -0.05) is 39.0 Å². The number of carboxylic acids is 2. The topological polar surface area (TPSA) is 74.6 Å². The number of carboxylic acid groups (broad SMARTS) is 2. The standard InChI is InChI=1S/C12H20O4/c1-8(11(13)14)10(12(15)16)7-9-5-3-2-4-6-9/h8-10H,2-7H2,1H3,(H,13,14)(H,15,16)/t8-,10+/m1/s1. The van der Waals surface area contributed by atoms with Crippen LogP contribution in [0.3, 0.4) is 0 Å². The van der Waals surface area contributed by atoms with Gasteiger partial charge in [-0.3, -0.25) is 9.59 Å². The van der Waals surface area contributed by atoms with Crippen LogP contribution >= 0.6 is 0 Å². The van der Waals surface area contributed by atoms with Crippen molar-refractivity contribution in [2.24, 2.45) is 17.8 Å². The van der Waals surface area contributed by atoms with E-state index in [0.29, 0.717) is 12.3 Å². The van der Waals surface area contributed by atoms with Crippen molar-refractivity contribution in [1.82, 2.24) is 0 Å². The number of hydrogen-bond acceptors (Lipinski definition) is 2. The van der Waals surface area contributed by atoms with Crippen molar-refractivity contribution in [3.05, 3.63) is 0 Å². The summed E-state index contributed by atoms with van der Waals surface area (Å²) in [5.41, 5.74) is 0. The van der Waals surface area contributed by atoms with Gasteiger partial charge in [0.2, 0.25) is 0 Å². The van der Waals surface area contributed by atoms with E-state index in [4.69, 9.17) is 10.2 Å². The number of hydrogen-bond donors (Lipinski definition) is 2. The molecule has 4 heteroatoms. The average molecular weight is 228 g/mol. The molecule has 0 aliphatic heterocycles. The lowest BCUT2D eigenvalue weighted by atomic mass is 9.79. The highest BCUT2D eigenvalue weighted by Gasteiger charge is 2.32. The maximum Gasteiger partial charge on any atom is 0.307 e. The van der Waals surface area contributed by atoms with E-state index in [1.807, 2.05) is 0 Å². The van der Waals surface area contributed by atoms with Crippen LogP contribution in [0, 0.1) is 17.8 Å². The van der Waals surface area contributed by atoms with Crippen molar-refractivity contribution in [3.63, 3.8) is 0 Å². The summed E-state index contributed by atoms with van der Waals surface area (Å²) in [6.45, 7) is 1.49. The summed E-state index contributed by atoms with van der Waals surface area (Å²) in [5.74, 6) is -3.11. The average Bonchev–Trinajstić information content (AvgIpc) is 2.26. The molecule has 1 fully saturated rings. The van der Waals surface area contributed by atoms with Crippen LogP contribution in [0.15, 0.2) is 0 Å². The third-order valence-corrected chi connectivity index (χ3v) is 3.62. The van der Waals surface area contributed by atoms with Gasteiger partial charge in [0.15, 0.2) is 0 Å². The van der Waals surface area contributed by atoms with E-state index in [9.17, 15) is 9.59 Å². The minimum Gasteiger partial charge on any atom is -0.481 e. The van der Waals surface area contributed by atoms with Gasteiger partial charge < -0.3 is 10.2 Å². The highest BCUT2D eigenvalue weighted by Crippen LogP contribution is 2.31. The fourth-order valence-electron chi connectivity index (χ4n) is 2.47. The fourth-order valence-corrected chi connectivity index (χ4v) is 2.47. The summed E-state index contributed by atoms with van der Waals surface area (Å²) >= 11 is 0. The minimum atomic E-state index is -1.01.